The molecule has 0 spiro atoms. The summed E-state index contributed by atoms with van der Waals surface area (Å²) in [5.41, 5.74) is 0. The molecule has 1 aliphatic heterocycles. The smallest absolute Gasteiger partial charge is 0.00937 e. The number of rotatable bonds is 6. The lowest BCUT2D eigenvalue weighted by molar-refractivity contribution is 0.343. The fourth-order valence-electron chi connectivity index (χ4n) is 2.17. The van der Waals surface area contributed by atoms with Gasteiger partial charge in [-0.3, -0.25) is 0 Å². The third-order valence-electron chi connectivity index (χ3n) is 3.10. The van der Waals surface area contributed by atoms with Crippen LogP contribution in [0.5, 0.6) is 0 Å². The van der Waals surface area contributed by atoms with Crippen molar-refractivity contribution in [1.29, 1.82) is 0 Å². The lowest BCUT2D eigenvalue weighted by atomic mass is 10.0. The molecule has 1 atom stereocenters. The first-order valence-electron chi connectivity index (χ1n) is 6.29. The Hall–Kier alpha value is -0.0800. The standard InChI is InChI=1S/C12H26N2/c1-3-4-5-6-11(2)14-12-7-9-13-10-8-12/h11-14H,3-10H2,1-2H3. The fourth-order valence-corrected chi connectivity index (χ4v) is 2.17. The zero-order valence-corrected chi connectivity index (χ0v) is 9.81. The highest BCUT2D eigenvalue weighted by molar-refractivity contribution is 4.76. The van der Waals surface area contributed by atoms with Crippen LogP contribution in [0.15, 0.2) is 0 Å². The average molecular weight is 198 g/mol. The van der Waals surface area contributed by atoms with E-state index in [0.29, 0.717) is 6.04 Å². The van der Waals surface area contributed by atoms with Crippen LogP contribution in [-0.2, 0) is 0 Å². The van der Waals surface area contributed by atoms with Crippen molar-refractivity contribution < 1.29 is 0 Å². The summed E-state index contributed by atoms with van der Waals surface area (Å²) in [6.45, 7) is 6.99. The van der Waals surface area contributed by atoms with E-state index < -0.39 is 0 Å². The van der Waals surface area contributed by atoms with Gasteiger partial charge in [-0.1, -0.05) is 26.2 Å². The highest BCUT2D eigenvalue weighted by Crippen LogP contribution is 2.07. The Bertz CT molecular complexity index is 130. The van der Waals surface area contributed by atoms with Crippen LogP contribution in [0.3, 0.4) is 0 Å². The lowest BCUT2D eigenvalue weighted by Crippen LogP contribution is -2.43. The molecule has 0 radical (unpaired) electrons. The van der Waals surface area contributed by atoms with Gasteiger partial charge in [-0.15, -0.1) is 0 Å². The molecule has 14 heavy (non-hydrogen) atoms. The van der Waals surface area contributed by atoms with Gasteiger partial charge in [0, 0.05) is 12.1 Å². The van der Waals surface area contributed by atoms with Crippen molar-refractivity contribution in [3.63, 3.8) is 0 Å². The van der Waals surface area contributed by atoms with E-state index >= 15 is 0 Å². The zero-order chi connectivity index (χ0) is 10.2. The summed E-state index contributed by atoms with van der Waals surface area (Å²) >= 11 is 0. The quantitative estimate of drug-likeness (QED) is 0.640. The predicted molar refractivity (Wildman–Crippen MR) is 62.6 cm³/mol. The van der Waals surface area contributed by atoms with Crippen molar-refractivity contribution in [2.24, 2.45) is 0 Å². The molecule has 0 aromatic carbocycles. The molecular formula is C12H26N2. The minimum Gasteiger partial charge on any atom is -0.317 e. The Balaban J connectivity index is 2.03. The van der Waals surface area contributed by atoms with E-state index in [1.165, 1.54) is 51.6 Å². The normalized spacial score (nSPS) is 21.0. The van der Waals surface area contributed by atoms with Gasteiger partial charge in [-0.05, 0) is 39.3 Å². The molecule has 1 rings (SSSR count). The summed E-state index contributed by atoms with van der Waals surface area (Å²) in [5.74, 6) is 0. The van der Waals surface area contributed by atoms with Crippen LogP contribution < -0.4 is 10.6 Å². The van der Waals surface area contributed by atoms with E-state index in [1.807, 2.05) is 0 Å². The van der Waals surface area contributed by atoms with Crippen LogP contribution in [0.1, 0.15) is 52.4 Å². The molecule has 84 valence electrons. The van der Waals surface area contributed by atoms with Crippen LogP contribution in [0.4, 0.5) is 0 Å². The third-order valence-corrected chi connectivity index (χ3v) is 3.10. The van der Waals surface area contributed by atoms with Crippen molar-refractivity contribution in [1.82, 2.24) is 10.6 Å². The lowest BCUT2D eigenvalue weighted by Gasteiger charge is -2.27. The molecule has 2 heteroatoms. The van der Waals surface area contributed by atoms with Crippen LogP contribution in [0.25, 0.3) is 0 Å². The van der Waals surface area contributed by atoms with Crippen LogP contribution in [0, 0.1) is 0 Å². The van der Waals surface area contributed by atoms with E-state index in [4.69, 9.17) is 0 Å². The second-order valence-corrected chi connectivity index (χ2v) is 4.59. The van der Waals surface area contributed by atoms with Crippen LogP contribution in [0.2, 0.25) is 0 Å². The van der Waals surface area contributed by atoms with E-state index in [-0.39, 0.29) is 0 Å². The molecule has 1 heterocycles. The Morgan fingerprint density at radius 2 is 2.00 bits per heavy atom. The first kappa shape index (κ1) is 12.0. The second-order valence-electron chi connectivity index (χ2n) is 4.59. The first-order valence-corrected chi connectivity index (χ1v) is 6.29. The molecule has 2 nitrogen and oxygen atoms in total. The van der Waals surface area contributed by atoms with Crippen LogP contribution >= 0.6 is 0 Å². The molecule has 1 fully saturated rings. The Kier molecular flexibility index (Phi) is 6.20. The molecule has 0 aliphatic carbocycles. The molecule has 1 saturated heterocycles. The molecular weight excluding hydrogens is 172 g/mol. The first-order chi connectivity index (χ1) is 6.83. The summed E-state index contributed by atoms with van der Waals surface area (Å²) in [6.07, 6.45) is 8.06. The van der Waals surface area contributed by atoms with Gasteiger partial charge < -0.3 is 10.6 Å². The predicted octanol–water partition coefficient (Wildman–Crippen LogP) is 2.30. The monoisotopic (exact) mass is 198 g/mol. The molecule has 0 aromatic rings. The van der Waals surface area contributed by atoms with Crippen LogP contribution in [-0.4, -0.2) is 25.2 Å². The maximum absolute atomic E-state index is 3.74. The molecule has 0 saturated carbocycles. The minimum atomic E-state index is 0.713. The Labute approximate surface area is 88.8 Å². The second kappa shape index (κ2) is 7.24. The van der Waals surface area contributed by atoms with Crippen molar-refractivity contribution in [2.45, 2.75) is 64.5 Å². The summed E-state index contributed by atoms with van der Waals surface area (Å²) in [7, 11) is 0. The van der Waals surface area contributed by atoms with Gasteiger partial charge in [0.2, 0.25) is 0 Å². The number of hydrogen-bond donors (Lipinski definition) is 2. The van der Waals surface area contributed by atoms with Gasteiger partial charge in [0.15, 0.2) is 0 Å². The van der Waals surface area contributed by atoms with Gasteiger partial charge in [-0.2, -0.15) is 0 Å². The van der Waals surface area contributed by atoms with Gasteiger partial charge in [0.25, 0.3) is 0 Å². The van der Waals surface area contributed by atoms with Gasteiger partial charge in [0.05, 0.1) is 0 Å². The van der Waals surface area contributed by atoms with Crippen molar-refractivity contribution >= 4 is 0 Å². The van der Waals surface area contributed by atoms with E-state index in [0.717, 1.165) is 6.04 Å². The third kappa shape index (κ3) is 4.97. The average Bonchev–Trinajstić information content (AvgIpc) is 2.20. The number of hydrogen-bond acceptors (Lipinski definition) is 2. The number of piperidine rings is 1. The summed E-state index contributed by atoms with van der Waals surface area (Å²) in [5, 5.41) is 7.14. The van der Waals surface area contributed by atoms with E-state index in [1.54, 1.807) is 0 Å². The van der Waals surface area contributed by atoms with E-state index in [9.17, 15) is 0 Å². The SMILES string of the molecule is CCCCCC(C)NC1CCNCC1. The van der Waals surface area contributed by atoms with Gasteiger partial charge in [-0.25, -0.2) is 0 Å². The summed E-state index contributed by atoms with van der Waals surface area (Å²) in [6, 6.07) is 1.48. The Morgan fingerprint density at radius 3 is 2.64 bits per heavy atom. The summed E-state index contributed by atoms with van der Waals surface area (Å²) in [4.78, 5) is 0. The molecule has 1 unspecified atom stereocenters. The van der Waals surface area contributed by atoms with Gasteiger partial charge >= 0.3 is 0 Å². The van der Waals surface area contributed by atoms with Crippen molar-refractivity contribution in [3.8, 4) is 0 Å². The zero-order valence-electron chi connectivity index (χ0n) is 9.81. The highest BCUT2D eigenvalue weighted by atomic mass is 15.0. The largest absolute Gasteiger partial charge is 0.317 e. The number of unbranched alkanes of at least 4 members (excludes halogenated alkanes) is 2. The molecule has 1 aliphatic rings. The van der Waals surface area contributed by atoms with E-state index in [2.05, 4.69) is 24.5 Å². The highest BCUT2D eigenvalue weighted by Gasteiger charge is 2.14. The topological polar surface area (TPSA) is 24.1 Å². The maximum Gasteiger partial charge on any atom is 0.00937 e. The molecule has 2 N–H and O–H groups in total. The summed E-state index contributed by atoms with van der Waals surface area (Å²) < 4.78 is 0. The molecule has 0 amide bonds. The Morgan fingerprint density at radius 1 is 1.29 bits per heavy atom. The fraction of sp³-hybridized carbons (Fsp3) is 1.00. The van der Waals surface area contributed by atoms with Crippen molar-refractivity contribution in [3.05, 3.63) is 0 Å². The van der Waals surface area contributed by atoms with Crippen molar-refractivity contribution in [2.75, 3.05) is 13.1 Å². The molecule has 0 bridgehead atoms. The number of nitrogens with one attached hydrogen (secondary N) is 2. The molecule has 0 aromatic heterocycles. The van der Waals surface area contributed by atoms with Gasteiger partial charge in [0.1, 0.15) is 0 Å². The maximum atomic E-state index is 3.74. The minimum absolute atomic E-state index is 0.713.